The van der Waals surface area contributed by atoms with Gasteiger partial charge in [0.15, 0.2) is 5.65 Å². The molecule has 9 heteroatoms. The van der Waals surface area contributed by atoms with E-state index in [0.29, 0.717) is 30.2 Å². The Balaban J connectivity index is 1.60. The molecule has 1 aromatic carbocycles. The molecule has 30 heavy (non-hydrogen) atoms. The highest BCUT2D eigenvalue weighted by molar-refractivity contribution is 5.82. The van der Waals surface area contributed by atoms with Crippen molar-refractivity contribution in [3.05, 3.63) is 65.6 Å². The minimum absolute atomic E-state index is 0.0538. The van der Waals surface area contributed by atoms with Crippen molar-refractivity contribution < 1.29 is 13.6 Å². The lowest BCUT2D eigenvalue weighted by atomic mass is 9.95. The monoisotopic (exact) mass is 408 g/mol. The van der Waals surface area contributed by atoms with Crippen molar-refractivity contribution in [3.8, 4) is 0 Å². The zero-order valence-corrected chi connectivity index (χ0v) is 16.1. The second-order valence-corrected chi connectivity index (χ2v) is 7.29. The van der Waals surface area contributed by atoms with Gasteiger partial charge in [0, 0.05) is 42.2 Å². The zero-order valence-electron chi connectivity index (χ0n) is 16.1. The number of nitrogens with zero attached hydrogens (tertiary/aromatic N) is 5. The van der Waals surface area contributed by atoms with Crippen LogP contribution in [0.1, 0.15) is 24.1 Å². The van der Waals surface area contributed by atoms with Crippen molar-refractivity contribution in [1.29, 1.82) is 0 Å². The highest BCUT2D eigenvalue weighted by atomic mass is 19.1. The first-order valence-electron chi connectivity index (χ1n) is 9.62. The average molecular weight is 408 g/mol. The summed E-state index contributed by atoms with van der Waals surface area (Å²) in [6.07, 6.45) is 3.08. The van der Waals surface area contributed by atoms with Crippen molar-refractivity contribution in [2.24, 2.45) is 0 Å². The standard InChI is InChI=1S/C21H18F2N6O/c1-12(20-14(22)9-15-13(21(20)23)3-2-6-24-15)16-10-26-17-4-5-18(27-29(16)17)28-8-7-25-19(30)11-28/h2-6,9-10,12H,7-8,11H2,1H3,(H,25,30). The number of amides is 1. The Bertz CT molecular complexity index is 1290. The number of aromatic nitrogens is 4. The topological polar surface area (TPSA) is 75.4 Å². The van der Waals surface area contributed by atoms with Crippen LogP contribution in [0.4, 0.5) is 14.6 Å². The summed E-state index contributed by atoms with van der Waals surface area (Å²) in [6.45, 7) is 3.09. The lowest BCUT2D eigenvalue weighted by Crippen LogP contribution is -2.48. The number of piperazine rings is 1. The molecule has 0 aliphatic carbocycles. The summed E-state index contributed by atoms with van der Waals surface area (Å²) in [5.74, 6) is -1.41. The van der Waals surface area contributed by atoms with E-state index in [1.54, 1.807) is 41.9 Å². The minimum Gasteiger partial charge on any atom is -0.353 e. The van der Waals surface area contributed by atoms with Crippen LogP contribution >= 0.6 is 0 Å². The number of carbonyl (C=O) groups is 1. The van der Waals surface area contributed by atoms with E-state index in [2.05, 4.69) is 20.4 Å². The van der Waals surface area contributed by atoms with E-state index in [4.69, 9.17) is 0 Å². The second kappa shape index (κ2) is 7.01. The maximum absolute atomic E-state index is 15.2. The Labute approximate surface area is 170 Å². The Morgan fingerprint density at radius 1 is 1.20 bits per heavy atom. The van der Waals surface area contributed by atoms with Crippen molar-refractivity contribution >= 4 is 28.3 Å². The fourth-order valence-corrected chi connectivity index (χ4v) is 3.89. The molecule has 152 valence electrons. The van der Waals surface area contributed by atoms with Crippen LogP contribution in [0.5, 0.6) is 0 Å². The van der Waals surface area contributed by atoms with Crippen LogP contribution in [0.2, 0.25) is 0 Å². The second-order valence-electron chi connectivity index (χ2n) is 7.29. The molecule has 4 heterocycles. The molecule has 0 spiro atoms. The van der Waals surface area contributed by atoms with Gasteiger partial charge >= 0.3 is 0 Å². The van der Waals surface area contributed by atoms with E-state index >= 15 is 4.39 Å². The summed E-state index contributed by atoms with van der Waals surface area (Å²) in [5.41, 5.74) is 1.33. The molecular weight excluding hydrogens is 390 g/mol. The third-order valence-corrected chi connectivity index (χ3v) is 5.45. The zero-order chi connectivity index (χ0) is 20.8. The predicted octanol–water partition coefficient (Wildman–Crippen LogP) is 2.64. The predicted molar refractivity (Wildman–Crippen MR) is 107 cm³/mol. The van der Waals surface area contributed by atoms with Crippen LogP contribution in [0, 0.1) is 11.6 Å². The summed E-state index contributed by atoms with van der Waals surface area (Å²) >= 11 is 0. The van der Waals surface area contributed by atoms with E-state index < -0.39 is 17.6 Å². The highest BCUT2D eigenvalue weighted by Crippen LogP contribution is 2.32. The number of halogens is 2. The van der Waals surface area contributed by atoms with Gasteiger partial charge in [-0.1, -0.05) is 6.92 Å². The summed E-state index contributed by atoms with van der Waals surface area (Å²) in [6, 6.07) is 8.02. The molecule has 1 aliphatic rings. The molecule has 1 aliphatic heterocycles. The van der Waals surface area contributed by atoms with Gasteiger partial charge in [0.1, 0.15) is 17.5 Å². The van der Waals surface area contributed by atoms with Gasteiger partial charge in [0.2, 0.25) is 5.91 Å². The molecule has 1 saturated heterocycles. The molecule has 0 bridgehead atoms. The number of rotatable bonds is 3. The number of carbonyl (C=O) groups excluding carboxylic acids is 1. The molecule has 1 unspecified atom stereocenters. The summed E-state index contributed by atoms with van der Waals surface area (Å²) in [4.78, 5) is 21.9. The quantitative estimate of drug-likeness (QED) is 0.564. The van der Waals surface area contributed by atoms with Crippen molar-refractivity contribution in [2.45, 2.75) is 12.8 Å². The van der Waals surface area contributed by atoms with Crippen LogP contribution < -0.4 is 10.2 Å². The highest BCUT2D eigenvalue weighted by Gasteiger charge is 2.25. The van der Waals surface area contributed by atoms with Crippen LogP contribution in [0.15, 0.2) is 42.7 Å². The number of nitrogens with one attached hydrogen (secondary N) is 1. The van der Waals surface area contributed by atoms with Crippen molar-refractivity contribution in [2.75, 3.05) is 24.5 Å². The first-order valence-corrected chi connectivity index (χ1v) is 9.62. The number of hydrogen-bond acceptors (Lipinski definition) is 5. The van der Waals surface area contributed by atoms with Crippen LogP contribution in [-0.4, -0.2) is 45.1 Å². The molecule has 0 saturated carbocycles. The molecule has 1 fully saturated rings. The van der Waals surface area contributed by atoms with E-state index in [0.717, 1.165) is 0 Å². The Hall–Kier alpha value is -3.62. The SMILES string of the molecule is CC(c1c(F)cc2ncccc2c1F)c1cnc2ccc(N3CCNC(=O)C3)nn12. The lowest BCUT2D eigenvalue weighted by Gasteiger charge is -2.27. The summed E-state index contributed by atoms with van der Waals surface area (Å²) in [7, 11) is 0. The molecule has 5 rings (SSSR count). The third kappa shape index (κ3) is 2.94. The molecule has 0 radical (unpaired) electrons. The Morgan fingerprint density at radius 3 is 2.90 bits per heavy atom. The minimum atomic E-state index is -0.662. The molecule has 1 atom stereocenters. The van der Waals surface area contributed by atoms with Crippen molar-refractivity contribution in [1.82, 2.24) is 24.9 Å². The molecule has 3 aromatic heterocycles. The van der Waals surface area contributed by atoms with Gasteiger partial charge in [-0.15, -0.1) is 5.10 Å². The number of anilines is 1. The summed E-state index contributed by atoms with van der Waals surface area (Å²) in [5, 5.41) is 7.65. The van der Waals surface area contributed by atoms with Gasteiger partial charge in [-0.2, -0.15) is 0 Å². The van der Waals surface area contributed by atoms with Gasteiger partial charge in [0.05, 0.1) is 24.0 Å². The smallest absolute Gasteiger partial charge is 0.239 e. The van der Waals surface area contributed by atoms with Crippen molar-refractivity contribution in [3.63, 3.8) is 0 Å². The number of pyridine rings is 1. The van der Waals surface area contributed by atoms with E-state index in [1.807, 2.05) is 4.90 Å². The molecule has 7 nitrogen and oxygen atoms in total. The van der Waals surface area contributed by atoms with Crippen LogP contribution in [0.3, 0.4) is 0 Å². The van der Waals surface area contributed by atoms with Crippen LogP contribution in [-0.2, 0) is 4.79 Å². The largest absolute Gasteiger partial charge is 0.353 e. The average Bonchev–Trinajstić information content (AvgIpc) is 3.17. The number of fused-ring (bicyclic) bond motifs is 2. The number of benzene rings is 1. The molecular formula is C21H18F2N6O. The maximum Gasteiger partial charge on any atom is 0.239 e. The van der Waals surface area contributed by atoms with E-state index in [9.17, 15) is 9.18 Å². The maximum atomic E-state index is 15.2. The lowest BCUT2D eigenvalue weighted by molar-refractivity contribution is -0.120. The summed E-state index contributed by atoms with van der Waals surface area (Å²) < 4.78 is 31.6. The van der Waals surface area contributed by atoms with E-state index in [1.165, 1.54) is 12.3 Å². The third-order valence-electron chi connectivity index (χ3n) is 5.45. The van der Waals surface area contributed by atoms with E-state index in [-0.39, 0.29) is 28.9 Å². The van der Waals surface area contributed by atoms with Gasteiger partial charge in [-0.25, -0.2) is 18.3 Å². The number of imidazole rings is 1. The number of hydrogen-bond donors (Lipinski definition) is 1. The fraction of sp³-hybridized carbons (Fsp3) is 0.238. The van der Waals surface area contributed by atoms with Gasteiger partial charge in [0.25, 0.3) is 0 Å². The molecule has 1 N–H and O–H groups in total. The van der Waals surface area contributed by atoms with Crippen LogP contribution in [0.25, 0.3) is 16.6 Å². The van der Waals surface area contributed by atoms with Gasteiger partial charge in [-0.05, 0) is 24.3 Å². The molecule has 1 amide bonds. The fourth-order valence-electron chi connectivity index (χ4n) is 3.89. The van der Waals surface area contributed by atoms with Gasteiger partial charge in [-0.3, -0.25) is 9.78 Å². The normalized spacial score (nSPS) is 15.6. The molecule has 4 aromatic rings. The Morgan fingerprint density at radius 2 is 2.07 bits per heavy atom. The first kappa shape index (κ1) is 18.4. The Kier molecular flexibility index (Phi) is 4.30. The first-order chi connectivity index (χ1) is 14.5. The van der Waals surface area contributed by atoms with Gasteiger partial charge < -0.3 is 10.2 Å².